The van der Waals surface area contributed by atoms with Crippen molar-refractivity contribution in [2.24, 2.45) is 5.41 Å². The van der Waals surface area contributed by atoms with Gasteiger partial charge in [0.05, 0.1) is 0 Å². The first-order chi connectivity index (χ1) is 10.1. The smallest absolute Gasteiger partial charge is 0.317 e. The number of ketones is 1. The van der Waals surface area contributed by atoms with E-state index >= 15 is 0 Å². The number of rotatable bonds is 3. The molecule has 1 aliphatic carbocycles. The van der Waals surface area contributed by atoms with Crippen LogP contribution in [-0.2, 0) is 16.0 Å². The molecule has 1 N–H and O–H groups in total. The number of fused-ring (bicyclic) bond motifs is 1. The van der Waals surface area contributed by atoms with Gasteiger partial charge in [0.1, 0.15) is 5.41 Å². The van der Waals surface area contributed by atoms with E-state index < -0.39 is 11.4 Å². The Balaban J connectivity index is 2.06. The van der Waals surface area contributed by atoms with Crippen LogP contribution < -0.4 is 0 Å². The number of carbonyl (C=O) groups is 2. The van der Waals surface area contributed by atoms with E-state index in [1.165, 1.54) is 0 Å². The third kappa shape index (κ3) is 2.33. The number of carboxylic acids is 1. The third-order valence-corrected chi connectivity index (χ3v) is 4.57. The summed E-state index contributed by atoms with van der Waals surface area (Å²) >= 11 is 0. The van der Waals surface area contributed by atoms with Crippen molar-refractivity contribution in [1.82, 2.24) is 0 Å². The fourth-order valence-electron chi connectivity index (χ4n) is 3.35. The molecule has 0 heterocycles. The second kappa shape index (κ2) is 5.32. The highest BCUT2D eigenvalue weighted by molar-refractivity contribution is 6.04. The first-order valence-electron chi connectivity index (χ1n) is 7.37. The maximum Gasteiger partial charge on any atom is 0.317 e. The Morgan fingerprint density at radius 1 is 1.10 bits per heavy atom. The summed E-state index contributed by atoms with van der Waals surface area (Å²) in [6.07, 6.45) is 2.75. The van der Waals surface area contributed by atoms with Crippen molar-refractivity contribution >= 4 is 22.5 Å². The number of carboxylic acid groups (broad SMARTS) is 1. The number of benzene rings is 2. The number of aliphatic carboxylic acids is 1. The largest absolute Gasteiger partial charge is 0.480 e. The predicted octanol–water partition coefficient (Wildman–Crippen LogP) is 3.60. The van der Waals surface area contributed by atoms with Crippen molar-refractivity contribution in [3.63, 3.8) is 0 Å². The molecular weight excluding hydrogens is 264 g/mol. The Morgan fingerprint density at radius 3 is 2.62 bits per heavy atom. The lowest BCUT2D eigenvalue weighted by molar-refractivity contribution is -0.157. The molecule has 0 amide bonds. The van der Waals surface area contributed by atoms with Gasteiger partial charge in [-0.3, -0.25) is 9.59 Å². The number of Topliss-reactive ketones (excluding diaryl/α,β-unsaturated/α-hetero) is 1. The lowest BCUT2D eigenvalue weighted by Crippen LogP contribution is -2.43. The summed E-state index contributed by atoms with van der Waals surface area (Å²) in [7, 11) is 0. The summed E-state index contributed by atoms with van der Waals surface area (Å²) in [5.41, 5.74) is -0.284. The van der Waals surface area contributed by atoms with Crippen LogP contribution >= 0.6 is 0 Å². The minimum atomic E-state index is -1.23. The van der Waals surface area contributed by atoms with Crippen LogP contribution in [0.4, 0.5) is 0 Å². The molecule has 108 valence electrons. The zero-order valence-corrected chi connectivity index (χ0v) is 11.8. The normalized spacial score (nSPS) is 22.4. The molecule has 1 atom stereocenters. The van der Waals surface area contributed by atoms with Gasteiger partial charge in [0.2, 0.25) is 0 Å². The zero-order valence-electron chi connectivity index (χ0n) is 11.8. The molecule has 0 aromatic heterocycles. The Labute approximate surface area is 123 Å². The second-order valence-corrected chi connectivity index (χ2v) is 5.83. The summed E-state index contributed by atoms with van der Waals surface area (Å²) in [6.45, 7) is 0. The van der Waals surface area contributed by atoms with Crippen LogP contribution in [0.1, 0.15) is 31.2 Å². The van der Waals surface area contributed by atoms with E-state index in [0.29, 0.717) is 19.3 Å². The van der Waals surface area contributed by atoms with Crippen molar-refractivity contribution in [1.29, 1.82) is 0 Å². The molecule has 1 unspecified atom stereocenters. The quantitative estimate of drug-likeness (QED) is 0.875. The number of hydrogen-bond donors (Lipinski definition) is 1. The molecule has 3 nitrogen and oxygen atoms in total. The zero-order chi connectivity index (χ0) is 14.9. The molecule has 0 radical (unpaired) electrons. The highest BCUT2D eigenvalue weighted by atomic mass is 16.4. The first-order valence-corrected chi connectivity index (χ1v) is 7.37. The first kappa shape index (κ1) is 13.8. The van der Waals surface area contributed by atoms with Crippen molar-refractivity contribution in [3.05, 3.63) is 48.0 Å². The Hall–Kier alpha value is -2.16. The van der Waals surface area contributed by atoms with Crippen LogP contribution in [0.25, 0.3) is 10.8 Å². The van der Waals surface area contributed by atoms with E-state index in [2.05, 4.69) is 0 Å². The minimum Gasteiger partial charge on any atom is -0.480 e. The molecule has 0 spiro atoms. The van der Waals surface area contributed by atoms with Crippen LogP contribution in [0.5, 0.6) is 0 Å². The lowest BCUT2D eigenvalue weighted by Gasteiger charge is -2.32. The van der Waals surface area contributed by atoms with Crippen molar-refractivity contribution in [2.75, 3.05) is 0 Å². The summed E-state index contributed by atoms with van der Waals surface area (Å²) in [4.78, 5) is 24.1. The predicted molar refractivity (Wildman–Crippen MR) is 81.2 cm³/mol. The van der Waals surface area contributed by atoms with Gasteiger partial charge in [0, 0.05) is 6.42 Å². The van der Waals surface area contributed by atoms with Crippen LogP contribution in [0.3, 0.4) is 0 Å². The van der Waals surface area contributed by atoms with Gasteiger partial charge >= 0.3 is 5.97 Å². The van der Waals surface area contributed by atoms with Gasteiger partial charge in [0.15, 0.2) is 5.78 Å². The molecule has 0 aliphatic heterocycles. The Kier molecular flexibility index (Phi) is 3.50. The fraction of sp³-hybridized carbons (Fsp3) is 0.333. The number of hydrogen-bond acceptors (Lipinski definition) is 2. The highest BCUT2D eigenvalue weighted by Crippen LogP contribution is 2.38. The SMILES string of the molecule is O=C(O)C1(Cc2cccc3ccccc23)CCCCC1=O. The molecule has 0 saturated heterocycles. The molecule has 2 aromatic rings. The monoisotopic (exact) mass is 282 g/mol. The van der Waals surface area contributed by atoms with Crippen molar-refractivity contribution in [2.45, 2.75) is 32.1 Å². The molecule has 21 heavy (non-hydrogen) atoms. The summed E-state index contributed by atoms with van der Waals surface area (Å²) < 4.78 is 0. The van der Waals surface area contributed by atoms with Gasteiger partial charge in [-0.05, 0) is 35.6 Å². The summed E-state index contributed by atoms with van der Waals surface area (Å²) in [6, 6.07) is 13.8. The molecule has 3 rings (SSSR count). The van der Waals surface area contributed by atoms with Gasteiger partial charge in [-0.1, -0.05) is 48.9 Å². The second-order valence-electron chi connectivity index (χ2n) is 5.83. The van der Waals surface area contributed by atoms with Crippen LogP contribution in [0, 0.1) is 5.41 Å². The molecule has 1 saturated carbocycles. The minimum absolute atomic E-state index is 0.116. The Bertz CT molecular complexity index is 699. The molecule has 3 heteroatoms. The van der Waals surface area contributed by atoms with E-state index in [-0.39, 0.29) is 5.78 Å². The van der Waals surface area contributed by atoms with Crippen LogP contribution in [0.2, 0.25) is 0 Å². The maximum absolute atomic E-state index is 12.3. The molecule has 0 bridgehead atoms. The molecule has 1 aliphatic rings. The van der Waals surface area contributed by atoms with Gasteiger partial charge in [-0.25, -0.2) is 0 Å². The highest BCUT2D eigenvalue weighted by Gasteiger charge is 2.46. The van der Waals surface area contributed by atoms with E-state index in [9.17, 15) is 14.7 Å². The van der Waals surface area contributed by atoms with Gasteiger partial charge in [0.25, 0.3) is 0 Å². The fourth-order valence-corrected chi connectivity index (χ4v) is 3.35. The topological polar surface area (TPSA) is 54.4 Å². The van der Waals surface area contributed by atoms with Crippen LogP contribution in [0.15, 0.2) is 42.5 Å². The maximum atomic E-state index is 12.3. The summed E-state index contributed by atoms with van der Waals surface area (Å²) in [5.74, 6) is -1.09. The van der Waals surface area contributed by atoms with E-state index in [1.54, 1.807) is 0 Å². The number of carbonyl (C=O) groups excluding carboxylic acids is 1. The van der Waals surface area contributed by atoms with Crippen molar-refractivity contribution in [3.8, 4) is 0 Å². The van der Waals surface area contributed by atoms with Crippen LogP contribution in [-0.4, -0.2) is 16.9 Å². The van der Waals surface area contributed by atoms with Gasteiger partial charge < -0.3 is 5.11 Å². The Morgan fingerprint density at radius 2 is 1.86 bits per heavy atom. The average Bonchev–Trinajstić information content (AvgIpc) is 2.50. The molecule has 2 aromatic carbocycles. The third-order valence-electron chi connectivity index (χ3n) is 4.57. The van der Waals surface area contributed by atoms with Gasteiger partial charge in [-0.15, -0.1) is 0 Å². The van der Waals surface area contributed by atoms with E-state index in [0.717, 1.165) is 29.2 Å². The van der Waals surface area contributed by atoms with E-state index in [4.69, 9.17) is 0 Å². The average molecular weight is 282 g/mol. The van der Waals surface area contributed by atoms with E-state index in [1.807, 2.05) is 42.5 Å². The molecule has 1 fully saturated rings. The standard InChI is InChI=1S/C18H18O3/c19-16-10-3-4-11-18(16,17(20)21)12-14-8-5-7-13-6-1-2-9-15(13)14/h1-2,5-9H,3-4,10-12H2,(H,20,21). The van der Waals surface area contributed by atoms with Gasteiger partial charge in [-0.2, -0.15) is 0 Å². The van der Waals surface area contributed by atoms with Crippen molar-refractivity contribution < 1.29 is 14.7 Å². The lowest BCUT2D eigenvalue weighted by atomic mass is 9.69. The molecular formula is C18H18O3. The summed E-state index contributed by atoms with van der Waals surface area (Å²) in [5, 5.41) is 11.8.